The highest BCUT2D eigenvalue weighted by atomic mass is 19.3. The molecule has 0 radical (unpaired) electrons. The van der Waals surface area contributed by atoms with E-state index in [1.54, 1.807) is 26.0 Å². The van der Waals surface area contributed by atoms with Crippen LogP contribution in [0.3, 0.4) is 0 Å². The molecule has 7 heteroatoms. The lowest BCUT2D eigenvalue weighted by atomic mass is 10.1. The quantitative estimate of drug-likeness (QED) is 0.750. The van der Waals surface area contributed by atoms with E-state index in [9.17, 15) is 13.6 Å². The van der Waals surface area contributed by atoms with Crippen LogP contribution in [0.5, 0.6) is 5.75 Å². The topological polar surface area (TPSA) is 70.6 Å². The second-order valence-corrected chi connectivity index (χ2v) is 4.37. The van der Waals surface area contributed by atoms with Crippen molar-refractivity contribution in [3.05, 3.63) is 29.8 Å². The maximum absolute atomic E-state index is 12.1. The van der Waals surface area contributed by atoms with Gasteiger partial charge in [-0.05, 0) is 31.5 Å². The van der Waals surface area contributed by atoms with Gasteiger partial charge in [-0.2, -0.15) is 8.78 Å². The second-order valence-electron chi connectivity index (χ2n) is 4.37. The number of ether oxygens (including phenoxy) is 1. The standard InChI is InChI=1S/C13H18F2N2O3/c1-8(7-18)16-13(19)17-9(2)10-4-3-5-11(6-10)20-12(14)15/h3-6,8-9,12,18H,7H2,1-2H3,(H2,16,17,19)/t8-,9?/m0/s1. The number of rotatable bonds is 6. The number of alkyl halides is 2. The first-order chi connectivity index (χ1) is 9.42. The maximum Gasteiger partial charge on any atom is 0.387 e. The Kier molecular flexibility index (Phi) is 6.17. The molecule has 3 N–H and O–H groups in total. The molecule has 0 fully saturated rings. The summed E-state index contributed by atoms with van der Waals surface area (Å²) in [7, 11) is 0. The van der Waals surface area contributed by atoms with Crippen molar-refractivity contribution in [1.29, 1.82) is 0 Å². The van der Waals surface area contributed by atoms with Gasteiger partial charge in [-0.15, -0.1) is 0 Å². The van der Waals surface area contributed by atoms with Crippen molar-refractivity contribution < 1.29 is 23.4 Å². The molecule has 0 spiro atoms. The first kappa shape index (κ1) is 16.2. The van der Waals surface area contributed by atoms with Crippen molar-refractivity contribution in [2.45, 2.75) is 32.5 Å². The van der Waals surface area contributed by atoms with Crippen molar-refractivity contribution >= 4 is 6.03 Å². The molecule has 0 aromatic heterocycles. The molecule has 0 heterocycles. The van der Waals surface area contributed by atoms with E-state index in [0.717, 1.165) is 0 Å². The number of aliphatic hydroxyl groups excluding tert-OH is 1. The summed E-state index contributed by atoms with van der Waals surface area (Å²) in [6, 6.07) is 4.92. The summed E-state index contributed by atoms with van der Waals surface area (Å²) in [4.78, 5) is 11.6. The smallest absolute Gasteiger partial charge is 0.387 e. The average molecular weight is 288 g/mol. The number of benzene rings is 1. The van der Waals surface area contributed by atoms with E-state index in [1.807, 2.05) is 0 Å². The maximum atomic E-state index is 12.1. The van der Waals surface area contributed by atoms with E-state index in [2.05, 4.69) is 15.4 Å². The number of amides is 2. The van der Waals surface area contributed by atoms with Crippen LogP contribution in [0.1, 0.15) is 25.5 Å². The summed E-state index contributed by atoms with van der Waals surface area (Å²) in [6.07, 6.45) is 0. The van der Waals surface area contributed by atoms with Gasteiger partial charge in [0.1, 0.15) is 5.75 Å². The number of aliphatic hydroxyl groups is 1. The Balaban J connectivity index is 2.62. The molecule has 5 nitrogen and oxygen atoms in total. The van der Waals surface area contributed by atoms with Gasteiger partial charge in [-0.1, -0.05) is 12.1 Å². The van der Waals surface area contributed by atoms with Crippen molar-refractivity contribution in [1.82, 2.24) is 10.6 Å². The Morgan fingerprint density at radius 2 is 2.05 bits per heavy atom. The summed E-state index contributed by atoms with van der Waals surface area (Å²) in [5, 5.41) is 14.0. The third-order valence-electron chi connectivity index (χ3n) is 2.58. The largest absolute Gasteiger partial charge is 0.435 e. The summed E-state index contributed by atoms with van der Waals surface area (Å²) in [5.74, 6) is 0.0373. The molecule has 1 rings (SSSR count). The predicted molar refractivity (Wildman–Crippen MR) is 69.7 cm³/mol. The molecule has 0 aliphatic heterocycles. The molecule has 2 atom stereocenters. The van der Waals surface area contributed by atoms with Gasteiger partial charge in [0, 0.05) is 0 Å². The summed E-state index contributed by atoms with van der Waals surface area (Å²) >= 11 is 0. The minimum Gasteiger partial charge on any atom is -0.435 e. The fourth-order valence-corrected chi connectivity index (χ4v) is 1.55. The monoisotopic (exact) mass is 288 g/mol. The number of nitrogens with one attached hydrogen (secondary N) is 2. The van der Waals surface area contributed by atoms with Crippen molar-refractivity contribution in [3.63, 3.8) is 0 Å². The summed E-state index contributed by atoms with van der Waals surface area (Å²) in [5.41, 5.74) is 0.634. The Morgan fingerprint density at radius 1 is 1.35 bits per heavy atom. The average Bonchev–Trinajstić information content (AvgIpc) is 2.37. The number of urea groups is 1. The zero-order valence-electron chi connectivity index (χ0n) is 11.3. The second kappa shape index (κ2) is 7.64. The van der Waals surface area contributed by atoms with Crippen LogP contribution in [0.25, 0.3) is 0 Å². The minimum atomic E-state index is -2.89. The van der Waals surface area contributed by atoms with Gasteiger partial charge in [0.15, 0.2) is 0 Å². The SMILES string of the molecule is CC(NC(=O)N[C@@H](C)CO)c1cccc(OC(F)F)c1. The number of halogens is 2. The lowest BCUT2D eigenvalue weighted by Crippen LogP contribution is -2.43. The molecule has 0 saturated heterocycles. The van der Waals surface area contributed by atoms with Crippen LogP contribution >= 0.6 is 0 Å². The van der Waals surface area contributed by atoms with Crippen LogP contribution < -0.4 is 15.4 Å². The highest BCUT2D eigenvalue weighted by Crippen LogP contribution is 2.20. The highest BCUT2D eigenvalue weighted by Gasteiger charge is 2.12. The first-order valence-electron chi connectivity index (χ1n) is 6.15. The molecule has 2 amide bonds. The number of carbonyl (C=O) groups is 1. The van der Waals surface area contributed by atoms with Crippen molar-refractivity contribution in [3.8, 4) is 5.75 Å². The molecular formula is C13H18F2N2O3. The number of hydrogen-bond donors (Lipinski definition) is 3. The summed E-state index contributed by atoms with van der Waals surface area (Å²) < 4.78 is 28.5. The first-order valence-corrected chi connectivity index (χ1v) is 6.15. The molecule has 1 aromatic rings. The van der Waals surface area contributed by atoms with Crippen LogP contribution in [0.2, 0.25) is 0 Å². The Hall–Kier alpha value is -1.89. The van der Waals surface area contributed by atoms with Gasteiger partial charge in [0.05, 0.1) is 18.7 Å². The lowest BCUT2D eigenvalue weighted by Gasteiger charge is -2.18. The zero-order chi connectivity index (χ0) is 15.1. The third-order valence-corrected chi connectivity index (χ3v) is 2.58. The van der Waals surface area contributed by atoms with Crippen LogP contribution in [0, 0.1) is 0 Å². The Labute approximate surface area is 115 Å². The zero-order valence-corrected chi connectivity index (χ0v) is 11.3. The minimum absolute atomic E-state index is 0.0373. The van der Waals surface area contributed by atoms with Gasteiger partial charge >= 0.3 is 12.6 Å². The van der Waals surface area contributed by atoms with E-state index in [4.69, 9.17) is 5.11 Å². The molecule has 1 unspecified atom stereocenters. The Bertz CT molecular complexity index is 443. The number of hydrogen-bond acceptors (Lipinski definition) is 3. The molecule has 0 aliphatic rings. The predicted octanol–water partition coefficient (Wildman–Crippen LogP) is 2.03. The number of carbonyl (C=O) groups excluding carboxylic acids is 1. The van der Waals surface area contributed by atoms with Gasteiger partial charge in [-0.3, -0.25) is 0 Å². The van der Waals surface area contributed by atoms with E-state index >= 15 is 0 Å². The van der Waals surface area contributed by atoms with Crippen LogP contribution in [0.15, 0.2) is 24.3 Å². The van der Waals surface area contributed by atoms with E-state index in [-0.39, 0.29) is 24.4 Å². The highest BCUT2D eigenvalue weighted by molar-refractivity contribution is 5.74. The van der Waals surface area contributed by atoms with Crippen molar-refractivity contribution in [2.24, 2.45) is 0 Å². The molecular weight excluding hydrogens is 270 g/mol. The molecule has 20 heavy (non-hydrogen) atoms. The fraction of sp³-hybridized carbons (Fsp3) is 0.462. The third kappa shape index (κ3) is 5.40. The molecule has 0 saturated carbocycles. The van der Waals surface area contributed by atoms with Crippen LogP contribution in [-0.2, 0) is 0 Å². The van der Waals surface area contributed by atoms with Gasteiger partial charge in [0.2, 0.25) is 0 Å². The molecule has 112 valence electrons. The van der Waals surface area contributed by atoms with E-state index < -0.39 is 12.6 Å². The van der Waals surface area contributed by atoms with Gasteiger partial charge in [-0.25, -0.2) is 4.79 Å². The van der Waals surface area contributed by atoms with Crippen LogP contribution in [0.4, 0.5) is 13.6 Å². The summed E-state index contributed by atoms with van der Waals surface area (Å²) in [6.45, 7) is 0.313. The molecule has 1 aromatic carbocycles. The van der Waals surface area contributed by atoms with E-state index in [1.165, 1.54) is 12.1 Å². The van der Waals surface area contributed by atoms with Crippen molar-refractivity contribution in [2.75, 3.05) is 6.61 Å². The van der Waals surface area contributed by atoms with E-state index in [0.29, 0.717) is 5.56 Å². The molecule has 0 aliphatic carbocycles. The van der Waals surface area contributed by atoms with Crippen LogP contribution in [-0.4, -0.2) is 30.4 Å². The fourth-order valence-electron chi connectivity index (χ4n) is 1.55. The van der Waals surface area contributed by atoms with Gasteiger partial charge in [0.25, 0.3) is 0 Å². The molecule has 0 bridgehead atoms. The van der Waals surface area contributed by atoms with Gasteiger partial charge < -0.3 is 20.5 Å². The Morgan fingerprint density at radius 3 is 2.65 bits per heavy atom. The lowest BCUT2D eigenvalue weighted by molar-refractivity contribution is -0.0499. The normalized spacial score (nSPS) is 13.7.